The first-order valence-corrected chi connectivity index (χ1v) is 11.4. The minimum Gasteiger partial charge on any atom is -0.497 e. The van der Waals surface area contributed by atoms with Crippen molar-refractivity contribution in [2.45, 2.75) is 31.7 Å². The third-order valence-corrected chi connectivity index (χ3v) is 6.25. The summed E-state index contributed by atoms with van der Waals surface area (Å²) in [6, 6.07) is 15.1. The average Bonchev–Trinajstić information content (AvgIpc) is 3.34. The van der Waals surface area contributed by atoms with Crippen molar-refractivity contribution in [3.8, 4) is 5.75 Å². The van der Waals surface area contributed by atoms with Crippen LogP contribution in [-0.2, 0) is 17.8 Å². The molecular formula is C26H26N4O4. The molecule has 174 valence electrons. The summed E-state index contributed by atoms with van der Waals surface area (Å²) in [7, 11) is 1.65. The number of piperidine rings is 1. The Hall–Kier alpha value is -3.94. The molecule has 8 nitrogen and oxygen atoms in total. The van der Waals surface area contributed by atoms with Crippen LogP contribution >= 0.6 is 0 Å². The summed E-state index contributed by atoms with van der Waals surface area (Å²) >= 11 is 0. The first kappa shape index (κ1) is 21.9. The molecule has 0 unspecified atom stereocenters. The first-order chi connectivity index (χ1) is 16.6. The standard InChI is InChI=1S/C26H26N4O4/c1-33-21-9-4-6-18(12-21)13-22-15-27-25(34-22)20-8-5-11-29(16-20)24(31)17-30-26(32)23-10-3-2-7-19(23)14-28-30/h2-4,6-7,9-10,12,14-15,20H,5,8,11,13,16-17H2,1H3/t20-/m1/s1. The molecule has 0 N–H and O–H groups in total. The lowest BCUT2D eigenvalue weighted by molar-refractivity contribution is -0.133. The van der Waals surface area contributed by atoms with Gasteiger partial charge in [0.25, 0.3) is 5.56 Å². The van der Waals surface area contributed by atoms with E-state index >= 15 is 0 Å². The SMILES string of the molecule is COc1cccc(Cc2cnc([C@@H]3CCCN(C(=O)Cn4ncc5ccccc5c4=O)C3)o2)c1. The van der Waals surface area contributed by atoms with E-state index in [0.717, 1.165) is 35.3 Å². The molecule has 0 radical (unpaired) electrons. The lowest BCUT2D eigenvalue weighted by atomic mass is 9.98. The van der Waals surface area contributed by atoms with Crippen LogP contribution in [-0.4, -0.2) is 45.8 Å². The predicted molar refractivity (Wildman–Crippen MR) is 127 cm³/mol. The van der Waals surface area contributed by atoms with Crippen LogP contribution in [0.4, 0.5) is 0 Å². The number of likely N-dealkylation sites (tertiary alicyclic amines) is 1. The van der Waals surface area contributed by atoms with Crippen molar-refractivity contribution in [3.63, 3.8) is 0 Å². The van der Waals surface area contributed by atoms with Crippen molar-refractivity contribution >= 4 is 16.7 Å². The van der Waals surface area contributed by atoms with E-state index in [1.54, 1.807) is 30.5 Å². The van der Waals surface area contributed by atoms with Crippen LogP contribution in [0.3, 0.4) is 0 Å². The molecule has 1 saturated heterocycles. The number of hydrogen-bond acceptors (Lipinski definition) is 6. The minimum atomic E-state index is -0.255. The van der Waals surface area contributed by atoms with Crippen molar-refractivity contribution in [1.29, 1.82) is 0 Å². The second kappa shape index (κ2) is 9.51. The van der Waals surface area contributed by atoms with Gasteiger partial charge in [0.1, 0.15) is 18.1 Å². The Balaban J connectivity index is 1.26. The fourth-order valence-electron chi connectivity index (χ4n) is 4.45. The maximum atomic E-state index is 13.0. The molecule has 0 aliphatic carbocycles. The molecule has 0 bridgehead atoms. The van der Waals surface area contributed by atoms with E-state index in [1.807, 2.05) is 42.5 Å². The lowest BCUT2D eigenvalue weighted by Gasteiger charge is -2.31. The Morgan fingerprint density at radius 3 is 2.94 bits per heavy atom. The summed E-state index contributed by atoms with van der Waals surface area (Å²) < 4.78 is 12.6. The number of methoxy groups -OCH3 is 1. The number of ether oxygens (including phenoxy) is 1. The van der Waals surface area contributed by atoms with Crippen LogP contribution in [0.2, 0.25) is 0 Å². The Bertz CT molecular complexity index is 1380. The summed E-state index contributed by atoms with van der Waals surface area (Å²) in [4.78, 5) is 32.0. The zero-order valence-electron chi connectivity index (χ0n) is 19.0. The van der Waals surface area contributed by atoms with Gasteiger partial charge < -0.3 is 14.1 Å². The molecule has 4 aromatic rings. The van der Waals surface area contributed by atoms with Crippen molar-refractivity contribution < 1.29 is 13.9 Å². The maximum absolute atomic E-state index is 13.0. The molecule has 1 amide bonds. The molecule has 8 heteroatoms. The normalized spacial score (nSPS) is 16.0. The van der Waals surface area contributed by atoms with Crippen molar-refractivity contribution in [2.75, 3.05) is 20.2 Å². The van der Waals surface area contributed by atoms with Gasteiger partial charge in [0, 0.05) is 24.9 Å². The Labute approximate surface area is 196 Å². The van der Waals surface area contributed by atoms with Gasteiger partial charge in [-0.2, -0.15) is 5.10 Å². The van der Waals surface area contributed by atoms with E-state index in [-0.39, 0.29) is 23.9 Å². The molecule has 1 aliphatic rings. The number of carbonyl (C=O) groups is 1. The highest BCUT2D eigenvalue weighted by Crippen LogP contribution is 2.27. The highest BCUT2D eigenvalue weighted by atomic mass is 16.5. The number of amides is 1. The van der Waals surface area contributed by atoms with Gasteiger partial charge >= 0.3 is 0 Å². The molecule has 0 spiro atoms. The van der Waals surface area contributed by atoms with Gasteiger partial charge in [-0.3, -0.25) is 9.59 Å². The van der Waals surface area contributed by atoms with E-state index in [9.17, 15) is 9.59 Å². The smallest absolute Gasteiger partial charge is 0.275 e. The quantitative estimate of drug-likeness (QED) is 0.440. The van der Waals surface area contributed by atoms with Crippen LogP contribution < -0.4 is 10.3 Å². The Morgan fingerprint density at radius 1 is 1.18 bits per heavy atom. The molecule has 1 aliphatic heterocycles. The van der Waals surface area contributed by atoms with E-state index in [0.29, 0.717) is 30.8 Å². The third-order valence-electron chi connectivity index (χ3n) is 6.25. The largest absolute Gasteiger partial charge is 0.497 e. The van der Waals surface area contributed by atoms with E-state index < -0.39 is 0 Å². The average molecular weight is 459 g/mol. The van der Waals surface area contributed by atoms with Crippen LogP contribution in [0.15, 0.2) is 70.1 Å². The number of nitrogens with zero attached hydrogens (tertiary/aromatic N) is 4. The highest BCUT2D eigenvalue weighted by molar-refractivity contribution is 5.81. The van der Waals surface area contributed by atoms with E-state index in [2.05, 4.69) is 10.1 Å². The van der Waals surface area contributed by atoms with E-state index in [4.69, 9.17) is 9.15 Å². The monoisotopic (exact) mass is 458 g/mol. The molecule has 34 heavy (non-hydrogen) atoms. The number of benzene rings is 2. The molecular weight excluding hydrogens is 432 g/mol. The number of oxazole rings is 1. The molecule has 2 aromatic heterocycles. The number of fused-ring (bicyclic) bond motifs is 1. The number of hydrogen-bond donors (Lipinski definition) is 0. The summed E-state index contributed by atoms with van der Waals surface area (Å²) in [6.45, 7) is 1.08. The Kier molecular flexibility index (Phi) is 6.12. The summed E-state index contributed by atoms with van der Waals surface area (Å²) in [5.41, 5.74) is 0.825. The first-order valence-electron chi connectivity index (χ1n) is 11.4. The fraction of sp³-hybridized carbons (Fsp3) is 0.308. The van der Waals surface area contributed by atoms with Crippen LogP contribution in [0, 0.1) is 0 Å². The second-order valence-corrected chi connectivity index (χ2v) is 8.57. The van der Waals surface area contributed by atoms with Crippen LogP contribution in [0.25, 0.3) is 10.8 Å². The van der Waals surface area contributed by atoms with Gasteiger partial charge in [0.05, 0.1) is 30.8 Å². The van der Waals surface area contributed by atoms with Gasteiger partial charge in [0.2, 0.25) is 5.91 Å². The van der Waals surface area contributed by atoms with Crippen molar-refractivity contribution in [1.82, 2.24) is 19.7 Å². The zero-order chi connectivity index (χ0) is 23.5. The van der Waals surface area contributed by atoms with Gasteiger partial charge in [0.15, 0.2) is 5.89 Å². The Morgan fingerprint density at radius 2 is 2.06 bits per heavy atom. The minimum absolute atomic E-state index is 0.0260. The molecule has 2 aromatic carbocycles. The third kappa shape index (κ3) is 4.57. The van der Waals surface area contributed by atoms with Crippen LogP contribution in [0.1, 0.15) is 36.0 Å². The second-order valence-electron chi connectivity index (χ2n) is 8.57. The topological polar surface area (TPSA) is 90.5 Å². The zero-order valence-corrected chi connectivity index (χ0v) is 19.0. The van der Waals surface area contributed by atoms with Gasteiger partial charge in [-0.15, -0.1) is 0 Å². The van der Waals surface area contributed by atoms with Gasteiger partial charge in [-0.05, 0) is 36.6 Å². The van der Waals surface area contributed by atoms with Gasteiger partial charge in [-0.25, -0.2) is 9.67 Å². The van der Waals surface area contributed by atoms with Crippen LogP contribution in [0.5, 0.6) is 5.75 Å². The van der Waals surface area contributed by atoms with Crippen molar-refractivity contribution in [3.05, 3.63) is 88.5 Å². The number of carbonyl (C=O) groups excluding carboxylic acids is 1. The fourth-order valence-corrected chi connectivity index (χ4v) is 4.45. The number of aromatic nitrogens is 3. The predicted octanol–water partition coefficient (Wildman–Crippen LogP) is 3.39. The van der Waals surface area contributed by atoms with Crippen molar-refractivity contribution in [2.24, 2.45) is 0 Å². The summed E-state index contributed by atoms with van der Waals surface area (Å²) in [6.07, 6.45) is 5.75. The summed E-state index contributed by atoms with van der Waals surface area (Å²) in [5, 5.41) is 5.52. The number of rotatable bonds is 6. The molecule has 1 fully saturated rings. The molecule has 1 atom stereocenters. The molecule has 5 rings (SSSR count). The summed E-state index contributed by atoms with van der Waals surface area (Å²) in [5.74, 6) is 2.13. The molecule has 0 saturated carbocycles. The van der Waals surface area contributed by atoms with E-state index in [1.165, 1.54) is 4.68 Å². The maximum Gasteiger partial charge on any atom is 0.275 e. The molecule has 3 heterocycles. The highest BCUT2D eigenvalue weighted by Gasteiger charge is 2.28. The van der Waals surface area contributed by atoms with Gasteiger partial charge in [-0.1, -0.05) is 30.3 Å². The lowest BCUT2D eigenvalue weighted by Crippen LogP contribution is -2.42.